The molecule has 4 nitrogen and oxygen atoms in total. The standard InChI is InChI=1S/C18H17ClN2O2/c1-13(22)11-21-12-15(8-9-17(21)19)16(10-18(23)20-2)14-6-4-3-5-7-14/h3-10,12H,11H2,1-2H3/p+1/b16-10-. The molecule has 23 heavy (non-hydrogen) atoms. The molecule has 0 atom stereocenters. The van der Waals surface area contributed by atoms with E-state index < -0.39 is 0 Å². The Morgan fingerprint density at radius 1 is 1.13 bits per heavy atom. The second-order valence-electron chi connectivity index (χ2n) is 5.11. The molecule has 0 aliphatic carbocycles. The molecular formula is C18H18ClN2O2+. The number of Topliss-reactive ketones (excluding diaryl/α,β-unsaturated/α-hetero) is 1. The van der Waals surface area contributed by atoms with Gasteiger partial charge >= 0.3 is 0 Å². The third kappa shape index (κ3) is 4.50. The molecule has 0 saturated carbocycles. The van der Waals surface area contributed by atoms with Crippen LogP contribution in [-0.4, -0.2) is 18.7 Å². The van der Waals surface area contributed by atoms with Gasteiger partial charge in [-0.25, -0.2) is 0 Å². The maximum atomic E-state index is 11.8. The second kappa shape index (κ2) is 7.70. The van der Waals surface area contributed by atoms with Crippen LogP contribution in [0.4, 0.5) is 0 Å². The minimum Gasteiger partial charge on any atom is -0.356 e. The van der Waals surface area contributed by atoms with Crippen molar-refractivity contribution >= 4 is 28.9 Å². The molecule has 0 bridgehead atoms. The van der Waals surface area contributed by atoms with E-state index in [9.17, 15) is 9.59 Å². The summed E-state index contributed by atoms with van der Waals surface area (Å²) in [5.41, 5.74) is 2.48. The third-order valence-electron chi connectivity index (χ3n) is 3.28. The Bertz CT molecular complexity index is 755. The van der Waals surface area contributed by atoms with Crippen LogP contribution < -0.4 is 9.88 Å². The van der Waals surface area contributed by atoms with Crippen LogP contribution in [0.3, 0.4) is 0 Å². The van der Waals surface area contributed by atoms with Gasteiger partial charge in [-0.05, 0) is 23.2 Å². The van der Waals surface area contributed by atoms with Crippen molar-refractivity contribution < 1.29 is 14.2 Å². The molecule has 2 rings (SSSR count). The highest BCUT2D eigenvalue weighted by atomic mass is 35.5. The van der Waals surface area contributed by atoms with Crippen molar-refractivity contribution in [3.63, 3.8) is 0 Å². The highest BCUT2D eigenvalue weighted by Gasteiger charge is 2.16. The van der Waals surface area contributed by atoms with E-state index in [0.717, 1.165) is 16.7 Å². The van der Waals surface area contributed by atoms with Crippen molar-refractivity contribution in [3.05, 3.63) is 71.0 Å². The van der Waals surface area contributed by atoms with Gasteiger partial charge in [-0.2, -0.15) is 4.57 Å². The van der Waals surface area contributed by atoms with Gasteiger partial charge < -0.3 is 5.32 Å². The van der Waals surface area contributed by atoms with Gasteiger partial charge in [-0.3, -0.25) is 9.59 Å². The van der Waals surface area contributed by atoms with E-state index in [0.29, 0.717) is 5.15 Å². The number of hydrogen-bond donors (Lipinski definition) is 1. The fourth-order valence-corrected chi connectivity index (χ4v) is 2.37. The molecule has 1 aromatic heterocycles. The number of likely N-dealkylation sites (N-methyl/N-ethyl adjacent to an activating group) is 1. The van der Waals surface area contributed by atoms with Crippen molar-refractivity contribution in [1.82, 2.24) is 5.32 Å². The Kier molecular flexibility index (Phi) is 5.66. The molecular weight excluding hydrogens is 312 g/mol. The highest BCUT2D eigenvalue weighted by molar-refractivity contribution is 6.28. The lowest BCUT2D eigenvalue weighted by molar-refractivity contribution is -0.682. The fraction of sp³-hybridized carbons (Fsp3) is 0.167. The number of nitrogens with zero attached hydrogens (tertiary/aromatic N) is 1. The van der Waals surface area contributed by atoms with E-state index in [1.54, 1.807) is 23.9 Å². The van der Waals surface area contributed by atoms with E-state index in [4.69, 9.17) is 11.6 Å². The minimum atomic E-state index is -0.197. The van der Waals surface area contributed by atoms with Gasteiger partial charge in [-0.1, -0.05) is 30.3 Å². The van der Waals surface area contributed by atoms with Crippen LogP contribution in [0.1, 0.15) is 18.1 Å². The molecule has 0 radical (unpaired) electrons. The first kappa shape index (κ1) is 16.9. The SMILES string of the molecule is CNC(=O)/C=C(/c1ccccc1)c1ccc(Cl)[n+](CC(C)=O)c1. The lowest BCUT2D eigenvalue weighted by atomic mass is 9.98. The van der Waals surface area contributed by atoms with Crippen LogP contribution in [0.2, 0.25) is 5.15 Å². The summed E-state index contributed by atoms with van der Waals surface area (Å²) in [5.74, 6) is -0.192. The first-order chi connectivity index (χ1) is 11.0. The van der Waals surface area contributed by atoms with Gasteiger partial charge in [0.05, 0.1) is 0 Å². The molecule has 5 heteroatoms. The summed E-state index contributed by atoms with van der Waals surface area (Å²) < 4.78 is 1.67. The zero-order valence-corrected chi connectivity index (χ0v) is 13.8. The Hall–Kier alpha value is -2.46. The van der Waals surface area contributed by atoms with Gasteiger partial charge in [0.15, 0.2) is 12.0 Å². The molecule has 0 saturated heterocycles. The van der Waals surface area contributed by atoms with E-state index in [-0.39, 0.29) is 18.2 Å². The van der Waals surface area contributed by atoms with Crippen molar-refractivity contribution in [2.75, 3.05) is 7.05 Å². The van der Waals surface area contributed by atoms with Gasteiger partial charge in [0.1, 0.15) is 0 Å². The van der Waals surface area contributed by atoms with Gasteiger partial charge in [0, 0.05) is 37.3 Å². The first-order valence-electron chi connectivity index (χ1n) is 7.19. The van der Waals surface area contributed by atoms with Crippen LogP contribution >= 0.6 is 11.6 Å². The Balaban J connectivity index is 2.54. The van der Waals surface area contributed by atoms with Crippen LogP contribution in [0.5, 0.6) is 0 Å². The molecule has 0 spiro atoms. The molecule has 0 aliphatic rings. The summed E-state index contributed by atoms with van der Waals surface area (Å²) in [5, 5.41) is 3.06. The number of hydrogen-bond acceptors (Lipinski definition) is 2. The monoisotopic (exact) mass is 329 g/mol. The first-order valence-corrected chi connectivity index (χ1v) is 7.56. The van der Waals surface area contributed by atoms with Crippen LogP contribution in [0.25, 0.3) is 5.57 Å². The number of aromatic nitrogens is 1. The smallest absolute Gasteiger partial charge is 0.275 e. The third-order valence-corrected chi connectivity index (χ3v) is 3.62. The summed E-state index contributed by atoms with van der Waals surface area (Å²) in [4.78, 5) is 23.2. The van der Waals surface area contributed by atoms with Crippen LogP contribution in [0, 0.1) is 0 Å². The quantitative estimate of drug-likeness (QED) is 0.520. The highest BCUT2D eigenvalue weighted by Crippen LogP contribution is 2.23. The fourth-order valence-electron chi connectivity index (χ4n) is 2.20. The molecule has 0 aliphatic heterocycles. The maximum Gasteiger partial charge on any atom is 0.275 e. The Labute approximate surface area is 140 Å². The van der Waals surface area contributed by atoms with Crippen LogP contribution in [0.15, 0.2) is 54.7 Å². The Morgan fingerprint density at radius 3 is 2.43 bits per heavy atom. The minimum absolute atomic E-state index is 0.00518. The molecule has 1 aromatic carbocycles. The van der Waals surface area contributed by atoms with Gasteiger partial charge in [0.2, 0.25) is 12.5 Å². The van der Waals surface area contributed by atoms with Crippen molar-refractivity contribution in [3.8, 4) is 0 Å². The Morgan fingerprint density at radius 2 is 1.83 bits per heavy atom. The second-order valence-corrected chi connectivity index (χ2v) is 5.50. The average Bonchev–Trinajstić information content (AvgIpc) is 2.55. The number of pyridine rings is 1. The molecule has 1 amide bonds. The van der Waals surface area contributed by atoms with Crippen molar-refractivity contribution in [2.45, 2.75) is 13.5 Å². The molecule has 118 valence electrons. The summed E-state index contributed by atoms with van der Waals surface area (Å²) in [6.07, 6.45) is 3.32. The zero-order chi connectivity index (χ0) is 16.8. The summed E-state index contributed by atoms with van der Waals surface area (Å²) in [6, 6.07) is 13.1. The lowest BCUT2D eigenvalue weighted by Gasteiger charge is -2.08. The lowest BCUT2D eigenvalue weighted by Crippen LogP contribution is -2.38. The predicted octanol–water partition coefficient (Wildman–Crippen LogP) is 2.39. The normalized spacial score (nSPS) is 11.2. The number of ketones is 1. The average molecular weight is 330 g/mol. The topological polar surface area (TPSA) is 50.1 Å². The van der Waals surface area contributed by atoms with Gasteiger partial charge in [0.25, 0.3) is 5.15 Å². The number of benzene rings is 1. The number of halogens is 1. The molecule has 0 fully saturated rings. The number of rotatable bonds is 5. The number of amides is 1. The van der Waals surface area contributed by atoms with Crippen molar-refractivity contribution in [2.24, 2.45) is 0 Å². The van der Waals surface area contributed by atoms with E-state index in [1.807, 2.05) is 36.4 Å². The zero-order valence-electron chi connectivity index (χ0n) is 13.0. The molecule has 2 aromatic rings. The molecule has 1 N–H and O–H groups in total. The number of carbonyl (C=O) groups excluding carboxylic acids is 2. The number of carbonyl (C=O) groups is 2. The van der Waals surface area contributed by atoms with Gasteiger partial charge in [-0.15, -0.1) is 0 Å². The largest absolute Gasteiger partial charge is 0.356 e. The van der Waals surface area contributed by atoms with E-state index in [2.05, 4.69) is 5.32 Å². The number of nitrogens with one attached hydrogen (secondary N) is 1. The molecule has 1 heterocycles. The van der Waals surface area contributed by atoms with E-state index in [1.165, 1.54) is 13.0 Å². The maximum absolute atomic E-state index is 11.8. The van der Waals surface area contributed by atoms with Crippen LogP contribution in [-0.2, 0) is 16.1 Å². The summed E-state index contributed by atoms with van der Waals surface area (Å²) >= 11 is 6.14. The van der Waals surface area contributed by atoms with E-state index >= 15 is 0 Å². The van der Waals surface area contributed by atoms with Crippen molar-refractivity contribution in [1.29, 1.82) is 0 Å². The molecule has 0 unspecified atom stereocenters. The summed E-state index contributed by atoms with van der Waals surface area (Å²) in [6.45, 7) is 1.70. The predicted molar refractivity (Wildman–Crippen MR) is 89.9 cm³/mol. The summed E-state index contributed by atoms with van der Waals surface area (Å²) in [7, 11) is 1.58.